The standard InChI is InChI=1S/C30H37N3O7/c1-36-24-17-29-6-4-11-33(29)12-5-20-15-22-23(38-19-37-22)16-21(20)26(29)27(24)39-28(35)30(18-25(34)40-30)7-2-3-10-32-13-8-31-9-14-32/h2-3,15-17,26-27,31H,4-14,18-19H2,1H3/b3-2+/t26-,27-,29+,30+/m1/s1. The van der Waals surface area contributed by atoms with Crippen molar-refractivity contribution in [1.29, 1.82) is 0 Å². The second-order valence-electron chi connectivity index (χ2n) is 11.7. The van der Waals surface area contributed by atoms with E-state index in [1.807, 2.05) is 6.08 Å². The minimum atomic E-state index is -1.30. The van der Waals surface area contributed by atoms with Crippen molar-refractivity contribution in [2.45, 2.75) is 55.3 Å². The van der Waals surface area contributed by atoms with E-state index in [0.29, 0.717) is 12.2 Å². The third-order valence-corrected chi connectivity index (χ3v) is 9.50. The number of nitrogens with one attached hydrogen (secondary N) is 1. The maximum Gasteiger partial charge on any atom is 0.352 e. The van der Waals surface area contributed by atoms with E-state index in [2.05, 4.69) is 39.4 Å². The molecule has 3 saturated heterocycles. The number of hydrogen-bond donors (Lipinski definition) is 1. The molecule has 5 heterocycles. The number of benzene rings is 1. The van der Waals surface area contributed by atoms with Crippen LogP contribution in [0.5, 0.6) is 11.5 Å². The first-order valence-electron chi connectivity index (χ1n) is 14.5. The highest BCUT2D eigenvalue weighted by atomic mass is 16.7. The number of rotatable bonds is 7. The molecule has 0 radical (unpaired) electrons. The summed E-state index contributed by atoms with van der Waals surface area (Å²) in [5, 5.41) is 3.35. The summed E-state index contributed by atoms with van der Waals surface area (Å²) in [5.41, 5.74) is 0.659. The van der Waals surface area contributed by atoms with Gasteiger partial charge in [0.25, 0.3) is 0 Å². The minimum Gasteiger partial charge on any atom is -0.497 e. The Morgan fingerprint density at radius 1 is 1.15 bits per heavy atom. The van der Waals surface area contributed by atoms with Crippen LogP contribution in [0.1, 0.15) is 42.7 Å². The lowest BCUT2D eigenvalue weighted by Crippen LogP contribution is -2.56. The van der Waals surface area contributed by atoms with Gasteiger partial charge in [0, 0.05) is 45.7 Å². The maximum atomic E-state index is 13.9. The highest BCUT2D eigenvalue weighted by molar-refractivity contribution is 5.94. The molecule has 1 aromatic carbocycles. The van der Waals surface area contributed by atoms with Gasteiger partial charge in [-0.2, -0.15) is 0 Å². The van der Waals surface area contributed by atoms with Gasteiger partial charge in [-0.1, -0.05) is 12.2 Å². The van der Waals surface area contributed by atoms with E-state index in [9.17, 15) is 9.59 Å². The molecule has 7 rings (SSSR count). The van der Waals surface area contributed by atoms with E-state index in [4.69, 9.17) is 23.7 Å². The van der Waals surface area contributed by atoms with Gasteiger partial charge < -0.3 is 29.0 Å². The Morgan fingerprint density at radius 3 is 2.73 bits per heavy atom. The van der Waals surface area contributed by atoms with E-state index < -0.39 is 17.7 Å². The largest absolute Gasteiger partial charge is 0.497 e. The molecule has 6 aliphatic rings. The third kappa shape index (κ3) is 4.19. The zero-order valence-electron chi connectivity index (χ0n) is 23.0. The quantitative estimate of drug-likeness (QED) is 0.400. The molecule has 1 spiro atoms. The van der Waals surface area contributed by atoms with Gasteiger partial charge in [-0.15, -0.1) is 0 Å². The average molecular weight is 552 g/mol. The second-order valence-corrected chi connectivity index (χ2v) is 11.7. The lowest BCUT2D eigenvalue weighted by molar-refractivity contribution is -0.210. The molecule has 5 aliphatic heterocycles. The Balaban J connectivity index is 1.17. The maximum absolute atomic E-state index is 13.9. The number of fused-ring (bicyclic) bond motifs is 3. The zero-order valence-corrected chi connectivity index (χ0v) is 23.0. The molecule has 3 fully saturated rings. The first-order chi connectivity index (χ1) is 19.5. The number of cyclic esters (lactones) is 1. The molecule has 10 nitrogen and oxygen atoms in total. The number of nitrogens with zero attached hydrogens (tertiary/aromatic N) is 2. The van der Waals surface area contributed by atoms with E-state index >= 15 is 0 Å². The van der Waals surface area contributed by atoms with Crippen molar-refractivity contribution in [3.8, 4) is 11.5 Å². The molecular formula is C30H37N3O7. The molecule has 0 saturated carbocycles. The Labute approximate surface area is 234 Å². The smallest absolute Gasteiger partial charge is 0.352 e. The first-order valence-corrected chi connectivity index (χ1v) is 14.5. The number of ether oxygens (including phenoxy) is 5. The van der Waals surface area contributed by atoms with Gasteiger partial charge in [-0.3, -0.25) is 14.6 Å². The number of piperazine rings is 1. The van der Waals surface area contributed by atoms with Crippen molar-refractivity contribution in [3.63, 3.8) is 0 Å². The number of carbonyl (C=O) groups excluding carboxylic acids is 2. The van der Waals surface area contributed by atoms with Gasteiger partial charge in [-0.05, 0) is 55.1 Å². The van der Waals surface area contributed by atoms with Gasteiger partial charge in [0.05, 0.1) is 25.0 Å². The van der Waals surface area contributed by atoms with Gasteiger partial charge in [0.15, 0.2) is 17.6 Å². The molecule has 1 N–H and O–H groups in total. The Hall–Kier alpha value is -3.08. The molecule has 40 heavy (non-hydrogen) atoms. The summed E-state index contributed by atoms with van der Waals surface area (Å²) in [7, 11) is 1.63. The topological polar surface area (TPSA) is 98.8 Å². The lowest BCUT2D eigenvalue weighted by Gasteiger charge is -2.41. The lowest BCUT2D eigenvalue weighted by atomic mass is 9.77. The fourth-order valence-electron chi connectivity index (χ4n) is 7.46. The van der Waals surface area contributed by atoms with Crippen LogP contribution in [-0.4, -0.2) is 98.7 Å². The summed E-state index contributed by atoms with van der Waals surface area (Å²) in [6.45, 7) is 6.81. The predicted molar refractivity (Wildman–Crippen MR) is 144 cm³/mol. The van der Waals surface area contributed by atoms with Crippen LogP contribution in [0.2, 0.25) is 0 Å². The summed E-state index contributed by atoms with van der Waals surface area (Å²) in [6, 6.07) is 4.15. The normalized spacial score (nSPS) is 32.9. The molecule has 1 aliphatic carbocycles. The SMILES string of the molecule is COC1=C[C@]23CCCN2CCc2cc4c(cc2[C@@H]3[C@@H]1OC(=O)[C@]1(C/C=C/CN2CCNCC2)CC(=O)O1)OCO4. The number of esters is 2. The highest BCUT2D eigenvalue weighted by Crippen LogP contribution is 2.56. The van der Waals surface area contributed by atoms with E-state index in [1.54, 1.807) is 7.11 Å². The molecular weight excluding hydrogens is 514 g/mol. The Bertz CT molecular complexity index is 1250. The fraction of sp³-hybridized carbons (Fsp3) is 0.600. The van der Waals surface area contributed by atoms with E-state index in [-0.39, 0.29) is 30.6 Å². The van der Waals surface area contributed by atoms with Gasteiger partial charge in [0.1, 0.15) is 5.76 Å². The predicted octanol–water partition coefficient (Wildman–Crippen LogP) is 1.88. The monoisotopic (exact) mass is 551 g/mol. The second kappa shape index (κ2) is 10.1. The van der Waals surface area contributed by atoms with E-state index in [1.165, 1.54) is 5.56 Å². The Kier molecular flexibility index (Phi) is 6.52. The van der Waals surface area contributed by atoms with Crippen LogP contribution < -0.4 is 14.8 Å². The fourth-order valence-corrected chi connectivity index (χ4v) is 7.46. The van der Waals surface area contributed by atoms with Crippen molar-refractivity contribution in [1.82, 2.24) is 15.1 Å². The van der Waals surface area contributed by atoms with Crippen LogP contribution in [0.15, 0.2) is 36.1 Å². The zero-order chi connectivity index (χ0) is 27.3. The van der Waals surface area contributed by atoms with Crippen LogP contribution in [0.3, 0.4) is 0 Å². The van der Waals surface area contributed by atoms with Crippen molar-refractivity contribution in [3.05, 3.63) is 47.2 Å². The number of methoxy groups -OCH3 is 1. The van der Waals surface area contributed by atoms with E-state index in [0.717, 1.165) is 82.1 Å². The van der Waals surface area contributed by atoms with Gasteiger partial charge in [-0.25, -0.2) is 4.79 Å². The molecule has 214 valence electrons. The molecule has 10 heteroatoms. The van der Waals surface area contributed by atoms with Crippen molar-refractivity contribution < 1.29 is 33.3 Å². The molecule has 0 aromatic heterocycles. The third-order valence-electron chi connectivity index (χ3n) is 9.50. The molecule has 0 amide bonds. The van der Waals surface area contributed by atoms with Crippen LogP contribution in [0.25, 0.3) is 0 Å². The summed E-state index contributed by atoms with van der Waals surface area (Å²) in [6.07, 6.45) is 8.72. The van der Waals surface area contributed by atoms with Crippen LogP contribution in [0, 0.1) is 0 Å². The molecule has 0 bridgehead atoms. The molecule has 1 aromatic rings. The van der Waals surface area contributed by atoms with Crippen molar-refractivity contribution in [2.24, 2.45) is 0 Å². The van der Waals surface area contributed by atoms with Crippen LogP contribution in [0.4, 0.5) is 0 Å². The van der Waals surface area contributed by atoms with Gasteiger partial charge >= 0.3 is 11.9 Å². The summed E-state index contributed by atoms with van der Waals surface area (Å²) in [4.78, 5) is 30.7. The van der Waals surface area contributed by atoms with Gasteiger partial charge in [0.2, 0.25) is 12.4 Å². The molecule has 0 unspecified atom stereocenters. The van der Waals surface area contributed by atoms with Crippen LogP contribution in [-0.2, 0) is 30.2 Å². The Morgan fingerprint density at radius 2 is 1.95 bits per heavy atom. The van der Waals surface area contributed by atoms with Crippen LogP contribution >= 0.6 is 0 Å². The minimum absolute atomic E-state index is 0.0137. The molecule has 4 atom stereocenters. The number of carbonyl (C=O) groups is 2. The van der Waals surface area contributed by atoms with Crippen molar-refractivity contribution in [2.75, 3.05) is 59.7 Å². The average Bonchev–Trinajstić information content (AvgIpc) is 3.64. The number of hydrogen-bond acceptors (Lipinski definition) is 10. The summed E-state index contributed by atoms with van der Waals surface area (Å²) in [5.74, 6) is 1.06. The first kappa shape index (κ1) is 25.9. The highest BCUT2D eigenvalue weighted by Gasteiger charge is 2.60. The summed E-state index contributed by atoms with van der Waals surface area (Å²) >= 11 is 0. The van der Waals surface area contributed by atoms with Crippen molar-refractivity contribution >= 4 is 11.9 Å². The summed E-state index contributed by atoms with van der Waals surface area (Å²) < 4.78 is 29.2.